The van der Waals surface area contributed by atoms with Crippen LogP contribution in [0.15, 0.2) is 12.1 Å². The van der Waals surface area contributed by atoms with Crippen molar-refractivity contribution >= 4 is 11.6 Å². The highest BCUT2D eigenvalue weighted by Crippen LogP contribution is 2.47. The van der Waals surface area contributed by atoms with Crippen molar-refractivity contribution in [1.29, 1.82) is 0 Å². The molecule has 112 valence electrons. The molecule has 1 saturated carbocycles. The normalized spacial score (nSPS) is 18.9. The van der Waals surface area contributed by atoms with E-state index in [0.717, 1.165) is 32.4 Å². The number of rotatable bonds is 2. The topological polar surface area (TPSA) is 29.5 Å². The second-order valence-electron chi connectivity index (χ2n) is 5.10. The number of benzene rings is 1. The van der Waals surface area contributed by atoms with E-state index in [2.05, 4.69) is 0 Å². The molecule has 0 radical (unpaired) electrons. The average molecular weight is 309 g/mol. The Balaban J connectivity index is 2.52. The van der Waals surface area contributed by atoms with Crippen LogP contribution in [0.1, 0.15) is 43.2 Å². The smallest absolute Gasteiger partial charge is 0.420 e. The standard InChI is InChI=1S/C14H16ClF3O2/c1-20-12-10(14(16,17)18)6-5-9(11(12)15)13(19)7-3-2-4-8-13/h5-6,19H,2-4,7-8H2,1H3. The number of methoxy groups -OCH3 is 1. The molecule has 1 aromatic rings. The van der Waals surface area contributed by atoms with E-state index in [1.165, 1.54) is 6.07 Å². The SMILES string of the molecule is COc1c(C(F)(F)F)ccc(C2(O)CCCCC2)c1Cl. The lowest BCUT2D eigenvalue weighted by atomic mass is 9.79. The van der Waals surface area contributed by atoms with Crippen molar-refractivity contribution in [2.75, 3.05) is 7.11 Å². The van der Waals surface area contributed by atoms with Gasteiger partial charge in [-0.1, -0.05) is 36.9 Å². The van der Waals surface area contributed by atoms with Crippen LogP contribution in [0.3, 0.4) is 0 Å². The molecular formula is C14H16ClF3O2. The van der Waals surface area contributed by atoms with Gasteiger partial charge >= 0.3 is 6.18 Å². The molecule has 2 rings (SSSR count). The van der Waals surface area contributed by atoms with Crippen molar-refractivity contribution in [2.24, 2.45) is 0 Å². The molecule has 0 spiro atoms. The Bertz CT molecular complexity index is 494. The van der Waals surface area contributed by atoms with E-state index in [0.29, 0.717) is 18.4 Å². The van der Waals surface area contributed by atoms with Gasteiger partial charge < -0.3 is 9.84 Å². The summed E-state index contributed by atoms with van der Waals surface area (Å²) < 4.78 is 43.5. The van der Waals surface area contributed by atoms with Crippen LogP contribution in [-0.2, 0) is 11.8 Å². The van der Waals surface area contributed by atoms with Crippen molar-refractivity contribution in [1.82, 2.24) is 0 Å². The molecule has 20 heavy (non-hydrogen) atoms. The number of ether oxygens (including phenoxy) is 1. The summed E-state index contributed by atoms with van der Waals surface area (Å²) in [4.78, 5) is 0. The van der Waals surface area contributed by atoms with Crippen LogP contribution in [0.4, 0.5) is 13.2 Å². The second-order valence-corrected chi connectivity index (χ2v) is 5.48. The van der Waals surface area contributed by atoms with E-state index in [4.69, 9.17) is 16.3 Å². The molecule has 0 unspecified atom stereocenters. The van der Waals surface area contributed by atoms with Gasteiger partial charge in [-0.15, -0.1) is 0 Å². The van der Waals surface area contributed by atoms with Gasteiger partial charge in [-0.3, -0.25) is 0 Å². The zero-order chi connectivity index (χ0) is 15.0. The maximum Gasteiger partial charge on any atom is 0.420 e. The molecule has 1 aliphatic carbocycles. The number of hydrogen-bond donors (Lipinski definition) is 1. The molecule has 0 amide bonds. The summed E-state index contributed by atoms with van der Waals surface area (Å²) in [6, 6.07) is 2.19. The van der Waals surface area contributed by atoms with E-state index in [1.54, 1.807) is 0 Å². The highest BCUT2D eigenvalue weighted by Gasteiger charge is 2.39. The molecule has 0 aromatic heterocycles. The Morgan fingerprint density at radius 2 is 1.80 bits per heavy atom. The molecule has 0 saturated heterocycles. The second kappa shape index (κ2) is 5.45. The van der Waals surface area contributed by atoms with Crippen molar-refractivity contribution in [3.05, 3.63) is 28.3 Å². The predicted molar refractivity (Wildman–Crippen MR) is 70.0 cm³/mol. The third kappa shape index (κ3) is 2.74. The first-order valence-electron chi connectivity index (χ1n) is 6.46. The summed E-state index contributed by atoms with van der Waals surface area (Å²) >= 11 is 6.06. The van der Waals surface area contributed by atoms with Crippen molar-refractivity contribution in [2.45, 2.75) is 43.9 Å². The van der Waals surface area contributed by atoms with Gasteiger partial charge in [0.25, 0.3) is 0 Å². The van der Waals surface area contributed by atoms with Crippen LogP contribution in [0, 0.1) is 0 Å². The molecule has 0 atom stereocenters. The molecule has 0 bridgehead atoms. The van der Waals surface area contributed by atoms with Crippen LogP contribution in [0.2, 0.25) is 5.02 Å². The highest BCUT2D eigenvalue weighted by molar-refractivity contribution is 6.33. The lowest BCUT2D eigenvalue weighted by Crippen LogP contribution is -2.29. The first-order valence-corrected chi connectivity index (χ1v) is 6.84. The zero-order valence-electron chi connectivity index (χ0n) is 11.1. The molecular weight excluding hydrogens is 293 g/mol. The Kier molecular flexibility index (Phi) is 4.21. The molecule has 1 aliphatic rings. The molecule has 1 N–H and O–H groups in total. The van der Waals surface area contributed by atoms with Gasteiger partial charge in [0.15, 0.2) is 0 Å². The summed E-state index contributed by atoms with van der Waals surface area (Å²) in [5.74, 6) is -0.421. The third-order valence-electron chi connectivity index (χ3n) is 3.79. The third-order valence-corrected chi connectivity index (χ3v) is 4.16. The van der Waals surface area contributed by atoms with Crippen LogP contribution in [0.25, 0.3) is 0 Å². The van der Waals surface area contributed by atoms with Crippen LogP contribution in [-0.4, -0.2) is 12.2 Å². The van der Waals surface area contributed by atoms with Gasteiger partial charge in [0.05, 0.1) is 23.3 Å². The number of halogens is 4. The van der Waals surface area contributed by atoms with Crippen molar-refractivity contribution in [3.63, 3.8) is 0 Å². The Hall–Kier alpha value is -0.940. The summed E-state index contributed by atoms with van der Waals surface area (Å²) in [7, 11) is 1.14. The van der Waals surface area contributed by atoms with Crippen molar-refractivity contribution < 1.29 is 23.0 Å². The Labute approximate surface area is 120 Å². The molecule has 0 aliphatic heterocycles. The lowest BCUT2D eigenvalue weighted by Gasteiger charge is -2.34. The first-order chi connectivity index (χ1) is 9.29. The summed E-state index contributed by atoms with van der Waals surface area (Å²) in [6.07, 6.45) is -0.866. The number of alkyl halides is 3. The minimum absolute atomic E-state index is 0.147. The zero-order valence-corrected chi connectivity index (χ0v) is 11.8. The lowest BCUT2D eigenvalue weighted by molar-refractivity contribution is -0.138. The largest absolute Gasteiger partial charge is 0.495 e. The quantitative estimate of drug-likeness (QED) is 0.870. The maximum absolute atomic E-state index is 12.9. The summed E-state index contributed by atoms with van der Waals surface area (Å²) in [6.45, 7) is 0. The first kappa shape index (κ1) is 15.4. The van der Waals surface area contributed by atoms with Crippen LogP contribution >= 0.6 is 11.6 Å². The minimum Gasteiger partial charge on any atom is -0.495 e. The van der Waals surface area contributed by atoms with Gasteiger partial charge in [-0.05, 0) is 18.9 Å². The fourth-order valence-corrected chi connectivity index (χ4v) is 3.16. The molecule has 1 fully saturated rings. The van der Waals surface area contributed by atoms with Crippen LogP contribution in [0.5, 0.6) is 5.75 Å². The molecule has 1 aromatic carbocycles. The van der Waals surface area contributed by atoms with Crippen molar-refractivity contribution in [3.8, 4) is 5.75 Å². The van der Waals surface area contributed by atoms with E-state index < -0.39 is 23.1 Å². The van der Waals surface area contributed by atoms with E-state index in [-0.39, 0.29) is 5.02 Å². The molecule has 6 heteroatoms. The molecule has 2 nitrogen and oxygen atoms in total. The van der Waals surface area contributed by atoms with E-state index in [9.17, 15) is 18.3 Å². The van der Waals surface area contributed by atoms with Gasteiger partial charge in [0.2, 0.25) is 0 Å². The Morgan fingerprint density at radius 3 is 2.30 bits per heavy atom. The van der Waals surface area contributed by atoms with Gasteiger partial charge in [-0.25, -0.2) is 0 Å². The predicted octanol–water partition coefficient (Wildman–Crippen LogP) is 4.52. The fourth-order valence-electron chi connectivity index (χ4n) is 2.74. The maximum atomic E-state index is 12.9. The number of aliphatic hydroxyl groups is 1. The fraction of sp³-hybridized carbons (Fsp3) is 0.571. The Morgan fingerprint density at radius 1 is 1.20 bits per heavy atom. The van der Waals surface area contributed by atoms with Gasteiger partial charge in [-0.2, -0.15) is 13.2 Å². The number of hydrogen-bond acceptors (Lipinski definition) is 2. The average Bonchev–Trinajstić information content (AvgIpc) is 2.37. The van der Waals surface area contributed by atoms with Gasteiger partial charge in [0, 0.05) is 5.56 Å². The van der Waals surface area contributed by atoms with E-state index >= 15 is 0 Å². The molecule has 0 heterocycles. The van der Waals surface area contributed by atoms with Gasteiger partial charge in [0.1, 0.15) is 5.75 Å². The minimum atomic E-state index is -4.54. The monoisotopic (exact) mass is 308 g/mol. The summed E-state index contributed by atoms with van der Waals surface area (Å²) in [5.41, 5.74) is -1.76. The highest BCUT2D eigenvalue weighted by atomic mass is 35.5. The van der Waals surface area contributed by atoms with E-state index in [1.807, 2.05) is 0 Å². The summed E-state index contributed by atoms with van der Waals surface area (Å²) in [5, 5.41) is 10.5. The van der Waals surface area contributed by atoms with Crippen LogP contribution < -0.4 is 4.74 Å².